The Bertz CT molecular complexity index is 540. The van der Waals surface area contributed by atoms with Crippen LogP contribution in [-0.4, -0.2) is 61.5 Å². The van der Waals surface area contributed by atoms with Crippen LogP contribution in [0.15, 0.2) is 22.7 Å². The summed E-state index contributed by atoms with van der Waals surface area (Å²) in [6.45, 7) is 6.64. The van der Waals surface area contributed by atoms with Crippen LogP contribution in [0, 0.1) is 0 Å². The predicted molar refractivity (Wildman–Crippen MR) is 85.2 cm³/mol. The van der Waals surface area contributed by atoms with Gasteiger partial charge >= 0.3 is 0 Å². The number of hydrogen-bond acceptors (Lipinski definition) is 6. The SMILES string of the molecule is CC1(C(=O)NCCN2CCOCC2)CC(c2cccs2)=NO1. The van der Waals surface area contributed by atoms with Crippen molar-refractivity contribution in [2.45, 2.75) is 18.9 Å². The molecule has 0 spiro atoms. The zero-order valence-electron chi connectivity index (χ0n) is 12.7. The second-order valence-electron chi connectivity index (χ2n) is 5.72. The van der Waals surface area contributed by atoms with Crippen molar-refractivity contribution < 1.29 is 14.4 Å². The Morgan fingerprint density at radius 1 is 1.50 bits per heavy atom. The minimum Gasteiger partial charge on any atom is -0.379 e. The highest BCUT2D eigenvalue weighted by molar-refractivity contribution is 7.12. The van der Waals surface area contributed by atoms with Crippen LogP contribution in [0.4, 0.5) is 0 Å². The molecule has 6 nitrogen and oxygen atoms in total. The summed E-state index contributed by atoms with van der Waals surface area (Å²) in [6, 6.07) is 3.97. The largest absolute Gasteiger partial charge is 0.379 e. The standard InChI is InChI=1S/C15H21N3O3S/c1-15(11-12(17-21-15)13-3-2-10-22-13)14(19)16-4-5-18-6-8-20-9-7-18/h2-3,10H,4-9,11H2,1H3,(H,16,19). The van der Waals surface area contributed by atoms with Gasteiger partial charge in [-0.2, -0.15) is 0 Å². The van der Waals surface area contributed by atoms with Crippen molar-refractivity contribution in [3.63, 3.8) is 0 Å². The number of rotatable bonds is 5. The van der Waals surface area contributed by atoms with E-state index in [4.69, 9.17) is 9.57 Å². The first-order valence-corrected chi connectivity index (χ1v) is 8.43. The molecule has 0 aromatic carbocycles. The molecule has 0 radical (unpaired) electrons. The van der Waals surface area contributed by atoms with E-state index in [1.54, 1.807) is 18.3 Å². The molecule has 3 heterocycles. The van der Waals surface area contributed by atoms with Gasteiger partial charge in [0.1, 0.15) is 5.71 Å². The summed E-state index contributed by atoms with van der Waals surface area (Å²) in [6.07, 6.45) is 0.511. The monoisotopic (exact) mass is 323 g/mol. The van der Waals surface area contributed by atoms with Crippen molar-refractivity contribution in [1.29, 1.82) is 0 Å². The highest BCUT2D eigenvalue weighted by Crippen LogP contribution is 2.28. The van der Waals surface area contributed by atoms with Gasteiger partial charge in [0.05, 0.1) is 18.1 Å². The van der Waals surface area contributed by atoms with Crippen LogP contribution in [-0.2, 0) is 14.4 Å². The van der Waals surface area contributed by atoms with E-state index in [0.29, 0.717) is 13.0 Å². The zero-order chi connectivity index (χ0) is 15.4. The van der Waals surface area contributed by atoms with Crippen molar-refractivity contribution in [3.05, 3.63) is 22.4 Å². The van der Waals surface area contributed by atoms with Gasteiger partial charge in [0.2, 0.25) is 5.60 Å². The van der Waals surface area contributed by atoms with Crippen LogP contribution in [0.25, 0.3) is 0 Å². The van der Waals surface area contributed by atoms with E-state index in [9.17, 15) is 4.79 Å². The molecule has 3 rings (SSSR count). The average Bonchev–Trinajstić information content (AvgIpc) is 3.18. The number of ether oxygens (including phenoxy) is 1. The number of thiophene rings is 1. The first-order valence-electron chi connectivity index (χ1n) is 7.55. The van der Waals surface area contributed by atoms with Gasteiger partial charge in [0, 0.05) is 32.6 Å². The smallest absolute Gasteiger partial charge is 0.267 e. The minimum atomic E-state index is -0.898. The third-order valence-corrected chi connectivity index (χ3v) is 4.88. The second kappa shape index (κ2) is 6.76. The van der Waals surface area contributed by atoms with Gasteiger partial charge in [-0.3, -0.25) is 9.69 Å². The molecule has 120 valence electrons. The number of nitrogens with one attached hydrogen (secondary N) is 1. The number of carbonyl (C=O) groups is 1. The molecule has 2 aliphatic rings. The Labute approximate surface area is 134 Å². The Balaban J connectivity index is 1.46. The van der Waals surface area contributed by atoms with Crippen molar-refractivity contribution in [2.75, 3.05) is 39.4 Å². The van der Waals surface area contributed by atoms with Crippen molar-refractivity contribution in [3.8, 4) is 0 Å². The normalized spacial score (nSPS) is 25.6. The van der Waals surface area contributed by atoms with E-state index in [1.807, 2.05) is 17.5 Å². The summed E-state index contributed by atoms with van der Waals surface area (Å²) < 4.78 is 5.31. The molecule has 1 unspecified atom stereocenters. The summed E-state index contributed by atoms with van der Waals surface area (Å²) in [5, 5.41) is 9.05. The summed E-state index contributed by atoms with van der Waals surface area (Å²) >= 11 is 1.61. The molecule has 1 aromatic rings. The molecular weight excluding hydrogens is 302 g/mol. The van der Waals surface area contributed by atoms with E-state index >= 15 is 0 Å². The van der Waals surface area contributed by atoms with Gasteiger partial charge in [-0.25, -0.2) is 0 Å². The van der Waals surface area contributed by atoms with Crippen molar-refractivity contribution in [1.82, 2.24) is 10.2 Å². The molecule has 2 aliphatic heterocycles. The Morgan fingerprint density at radius 2 is 2.32 bits per heavy atom. The molecule has 0 aliphatic carbocycles. The first-order chi connectivity index (χ1) is 10.7. The molecule has 7 heteroatoms. The topological polar surface area (TPSA) is 63.2 Å². The fraction of sp³-hybridized carbons (Fsp3) is 0.600. The maximum Gasteiger partial charge on any atom is 0.267 e. The van der Waals surface area contributed by atoms with Crippen LogP contribution in [0.5, 0.6) is 0 Å². The maximum atomic E-state index is 12.4. The lowest BCUT2D eigenvalue weighted by Crippen LogP contribution is -2.48. The van der Waals surface area contributed by atoms with Gasteiger partial charge in [-0.05, 0) is 18.4 Å². The molecule has 1 fully saturated rings. The van der Waals surface area contributed by atoms with Gasteiger partial charge in [-0.15, -0.1) is 11.3 Å². The molecule has 1 atom stereocenters. The van der Waals surface area contributed by atoms with Crippen LogP contribution in [0.3, 0.4) is 0 Å². The number of morpholine rings is 1. The number of oxime groups is 1. The summed E-state index contributed by atoms with van der Waals surface area (Å²) in [4.78, 5) is 21.2. The van der Waals surface area contributed by atoms with Crippen molar-refractivity contribution in [2.24, 2.45) is 5.16 Å². The third kappa shape index (κ3) is 3.48. The lowest BCUT2D eigenvalue weighted by Gasteiger charge is -2.27. The first kappa shape index (κ1) is 15.5. The average molecular weight is 323 g/mol. The predicted octanol–water partition coefficient (Wildman–Crippen LogP) is 1.08. The van der Waals surface area contributed by atoms with E-state index in [-0.39, 0.29) is 5.91 Å². The second-order valence-corrected chi connectivity index (χ2v) is 6.67. The van der Waals surface area contributed by atoms with Gasteiger partial charge < -0.3 is 14.9 Å². The number of nitrogens with zero attached hydrogens (tertiary/aromatic N) is 2. The maximum absolute atomic E-state index is 12.4. The highest BCUT2D eigenvalue weighted by Gasteiger charge is 2.42. The summed E-state index contributed by atoms with van der Waals surface area (Å²) in [7, 11) is 0. The van der Waals surface area contributed by atoms with E-state index < -0.39 is 5.60 Å². The van der Waals surface area contributed by atoms with E-state index in [2.05, 4.69) is 15.4 Å². The van der Waals surface area contributed by atoms with Crippen LogP contribution >= 0.6 is 11.3 Å². The fourth-order valence-electron chi connectivity index (χ4n) is 2.58. The Hall–Kier alpha value is -1.44. The molecular formula is C15H21N3O3S. The highest BCUT2D eigenvalue weighted by atomic mass is 32.1. The van der Waals surface area contributed by atoms with Crippen LogP contribution in [0.2, 0.25) is 0 Å². The lowest BCUT2D eigenvalue weighted by molar-refractivity contribution is -0.141. The molecule has 1 aromatic heterocycles. The lowest BCUT2D eigenvalue weighted by atomic mass is 9.98. The number of hydrogen-bond donors (Lipinski definition) is 1. The number of amides is 1. The quantitative estimate of drug-likeness (QED) is 0.881. The van der Waals surface area contributed by atoms with E-state index in [1.165, 1.54) is 0 Å². The molecule has 0 saturated carbocycles. The Morgan fingerprint density at radius 3 is 3.05 bits per heavy atom. The van der Waals surface area contributed by atoms with Gasteiger partial charge in [0.25, 0.3) is 5.91 Å². The van der Waals surface area contributed by atoms with E-state index in [0.717, 1.165) is 43.4 Å². The third-order valence-electron chi connectivity index (χ3n) is 3.97. The molecule has 1 saturated heterocycles. The Kier molecular flexibility index (Phi) is 4.75. The fourth-order valence-corrected chi connectivity index (χ4v) is 3.28. The molecule has 22 heavy (non-hydrogen) atoms. The van der Waals surface area contributed by atoms with Crippen molar-refractivity contribution >= 4 is 23.0 Å². The summed E-state index contributed by atoms with van der Waals surface area (Å²) in [5.74, 6) is -0.101. The van der Waals surface area contributed by atoms with Crippen LogP contribution in [0.1, 0.15) is 18.2 Å². The molecule has 1 N–H and O–H groups in total. The molecule has 0 bridgehead atoms. The van der Waals surface area contributed by atoms with Crippen LogP contribution < -0.4 is 5.32 Å². The molecule has 1 amide bonds. The minimum absolute atomic E-state index is 0.101. The zero-order valence-corrected chi connectivity index (χ0v) is 13.5. The number of carbonyl (C=O) groups excluding carboxylic acids is 1. The summed E-state index contributed by atoms with van der Waals surface area (Å²) in [5.41, 5.74) is -0.0505. The van der Waals surface area contributed by atoms with Gasteiger partial charge in [0.15, 0.2) is 0 Å². The van der Waals surface area contributed by atoms with Gasteiger partial charge in [-0.1, -0.05) is 11.2 Å².